The van der Waals surface area contributed by atoms with Gasteiger partial charge in [0.25, 0.3) is 0 Å². The lowest BCUT2D eigenvalue weighted by molar-refractivity contribution is -0.151. The van der Waals surface area contributed by atoms with E-state index in [9.17, 15) is 9.59 Å². The topological polar surface area (TPSA) is 81.3 Å². The number of ether oxygens (including phenoxy) is 2. The van der Waals surface area contributed by atoms with E-state index in [0.29, 0.717) is 16.2 Å². The Balaban J connectivity index is 1.89. The highest BCUT2D eigenvalue weighted by Gasteiger charge is 2.27. The van der Waals surface area contributed by atoms with Gasteiger partial charge in [0.2, 0.25) is 6.10 Å². The van der Waals surface area contributed by atoms with Crippen LogP contribution in [0.2, 0.25) is 5.02 Å². The number of esters is 2. The Morgan fingerprint density at radius 1 is 1.24 bits per heavy atom. The van der Waals surface area contributed by atoms with Crippen molar-refractivity contribution >= 4 is 34.6 Å². The number of fused-ring (bicyclic) bond motifs is 1. The van der Waals surface area contributed by atoms with Gasteiger partial charge in [0.05, 0.1) is 12.7 Å². The van der Waals surface area contributed by atoms with Crippen LogP contribution in [0.15, 0.2) is 42.7 Å². The van der Waals surface area contributed by atoms with Gasteiger partial charge in [-0.3, -0.25) is 0 Å². The van der Waals surface area contributed by atoms with Crippen molar-refractivity contribution in [1.29, 1.82) is 0 Å². The lowest BCUT2D eigenvalue weighted by Gasteiger charge is -2.16. The van der Waals surface area contributed by atoms with Gasteiger partial charge in [0.1, 0.15) is 5.65 Å². The van der Waals surface area contributed by atoms with Crippen LogP contribution in [0.4, 0.5) is 0 Å². The summed E-state index contributed by atoms with van der Waals surface area (Å²) in [6.07, 6.45) is 2.02. The van der Waals surface area contributed by atoms with Crippen LogP contribution in [0.1, 0.15) is 27.6 Å². The maximum Gasteiger partial charge on any atom is 0.351 e. The number of nitrogens with one attached hydrogen (secondary N) is 1. The normalized spacial score (nSPS) is 12.0. The summed E-state index contributed by atoms with van der Waals surface area (Å²) in [4.78, 5) is 31.7. The highest BCUT2D eigenvalue weighted by atomic mass is 35.5. The van der Waals surface area contributed by atoms with Crippen molar-refractivity contribution in [3.8, 4) is 0 Å². The molecular weight excluding hydrogens is 344 g/mol. The maximum absolute atomic E-state index is 12.5. The molecule has 0 spiro atoms. The summed E-state index contributed by atoms with van der Waals surface area (Å²) in [6.45, 7) is 1.90. The molecular formula is C18H15ClN2O4. The Labute approximate surface area is 148 Å². The summed E-state index contributed by atoms with van der Waals surface area (Å²) in [5.74, 6) is -1.34. The number of aromatic amines is 1. The Bertz CT molecular complexity index is 934. The van der Waals surface area contributed by atoms with E-state index in [2.05, 4.69) is 9.97 Å². The molecule has 7 heteroatoms. The predicted molar refractivity (Wildman–Crippen MR) is 92.5 cm³/mol. The molecule has 2 heterocycles. The van der Waals surface area contributed by atoms with Gasteiger partial charge in [-0.2, -0.15) is 0 Å². The van der Waals surface area contributed by atoms with Crippen LogP contribution in [0.5, 0.6) is 0 Å². The Morgan fingerprint density at radius 3 is 2.64 bits per heavy atom. The number of methoxy groups -OCH3 is 1. The third kappa shape index (κ3) is 3.49. The zero-order valence-electron chi connectivity index (χ0n) is 13.6. The molecule has 0 aliphatic rings. The first-order chi connectivity index (χ1) is 12.0. The number of halogens is 1. The van der Waals surface area contributed by atoms with Crippen molar-refractivity contribution in [3.63, 3.8) is 0 Å². The summed E-state index contributed by atoms with van der Waals surface area (Å²) in [5, 5.41) is 1.33. The molecule has 0 amide bonds. The smallest absolute Gasteiger partial charge is 0.351 e. The monoisotopic (exact) mass is 358 g/mol. The van der Waals surface area contributed by atoms with Crippen LogP contribution in [0.3, 0.4) is 0 Å². The summed E-state index contributed by atoms with van der Waals surface area (Å²) in [5.41, 5.74) is 2.35. The molecule has 3 rings (SSSR count). The standard InChI is InChI=1S/C18H15ClN2O4/c1-10-8-20-16-14(10)7-12(9-21-16)17(22)25-15(18(23)24-2)11-3-5-13(19)6-4-11/h3-9,15H,1-2H3,(H,20,21). The summed E-state index contributed by atoms with van der Waals surface area (Å²) in [7, 11) is 1.23. The molecule has 0 saturated carbocycles. The Morgan fingerprint density at radius 2 is 1.96 bits per heavy atom. The van der Waals surface area contributed by atoms with E-state index in [-0.39, 0.29) is 5.56 Å². The van der Waals surface area contributed by atoms with E-state index < -0.39 is 18.0 Å². The fourth-order valence-electron chi connectivity index (χ4n) is 2.42. The van der Waals surface area contributed by atoms with Crippen LogP contribution in [-0.4, -0.2) is 29.0 Å². The van der Waals surface area contributed by atoms with E-state index in [1.54, 1.807) is 36.5 Å². The number of carbonyl (C=O) groups excluding carboxylic acids is 2. The largest absolute Gasteiger partial charge is 0.466 e. The molecule has 128 valence electrons. The van der Waals surface area contributed by atoms with Gasteiger partial charge in [0.15, 0.2) is 0 Å². The van der Waals surface area contributed by atoms with Crippen LogP contribution in [-0.2, 0) is 14.3 Å². The molecule has 1 aromatic carbocycles. The van der Waals surface area contributed by atoms with Crippen molar-refractivity contribution in [2.75, 3.05) is 7.11 Å². The second-order valence-electron chi connectivity index (χ2n) is 5.45. The molecule has 0 fully saturated rings. The second-order valence-corrected chi connectivity index (χ2v) is 5.89. The minimum atomic E-state index is -1.18. The molecule has 3 aromatic rings. The van der Waals surface area contributed by atoms with Crippen LogP contribution < -0.4 is 0 Å². The van der Waals surface area contributed by atoms with Crippen LogP contribution >= 0.6 is 11.6 Å². The van der Waals surface area contributed by atoms with Gasteiger partial charge in [-0.1, -0.05) is 23.7 Å². The van der Waals surface area contributed by atoms with Crippen molar-refractivity contribution in [2.24, 2.45) is 0 Å². The molecule has 0 radical (unpaired) electrons. The summed E-state index contributed by atoms with van der Waals surface area (Å²) < 4.78 is 10.1. The number of aromatic nitrogens is 2. The highest BCUT2D eigenvalue weighted by Crippen LogP contribution is 2.24. The first kappa shape index (κ1) is 17.0. The van der Waals surface area contributed by atoms with E-state index in [1.807, 2.05) is 6.92 Å². The third-order valence-corrected chi connectivity index (χ3v) is 4.04. The number of carbonyl (C=O) groups is 2. The average Bonchev–Trinajstić information content (AvgIpc) is 3.00. The number of hydrogen-bond donors (Lipinski definition) is 1. The molecule has 0 aliphatic carbocycles. The van der Waals surface area contributed by atoms with Crippen molar-refractivity contribution < 1.29 is 19.1 Å². The molecule has 0 saturated heterocycles. The lowest BCUT2D eigenvalue weighted by Crippen LogP contribution is -2.21. The van der Waals surface area contributed by atoms with Gasteiger partial charge in [-0.05, 0) is 30.7 Å². The molecule has 1 atom stereocenters. The number of benzene rings is 1. The Hall–Kier alpha value is -2.86. The SMILES string of the molecule is COC(=O)C(OC(=O)c1cnc2[nH]cc(C)c2c1)c1ccc(Cl)cc1. The zero-order valence-corrected chi connectivity index (χ0v) is 14.3. The van der Waals surface area contributed by atoms with Gasteiger partial charge in [0, 0.05) is 28.4 Å². The third-order valence-electron chi connectivity index (χ3n) is 3.79. The van der Waals surface area contributed by atoms with Gasteiger partial charge < -0.3 is 14.5 Å². The number of rotatable bonds is 4. The van der Waals surface area contributed by atoms with Crippen LogP contribution in [0, 0.1) is 6.92 Å². The first-order valence-electron chi connectivity index (χ1n) is 7.47. The Kier molecular flexibility index (Phi) is 4.72. The lowest BCUT2D eigenvalue weighted by atomic mass is 10.1. The summed E-state index contributed by atoms with van der Waals surface area (Å²) >= 11 is 5.86. The molecule has 1 N–H and O–H groups in total. The van der Waals surface area contributed by atoms with Crippen LogP contribution in [0.25, 0.3) is 11.0 Å². The fraction of sp³-hybridized carbons (Fsp3) is 0.167. The molecule has 0 bridgehead atoms. The number of nitrogens with zero attached hydrogens (tertiary/aromatic N) is 1. The zero-order chi connectivity index (χ0) is 18.0. The fourth-order valence-corrected chi connectivity index (χ4v) is 2.54. The van der Waals surface area contributed by atoms with Gasteiger partial charge in [-0.15, -0.1) is 0 Å². The van der Waals surface area contributed by atoms with E-state index in [0.717, 1.165) is 10.9 Å². The number of hydrogen-bond acceptors (Lipinski definition) is 5. The van der Waals surface area contributed by atoms with E-state index >= 15 is 0 Å². The molecule has 25 heavy (non-hydrogen) atoms. The molecule has 2 aromatic heterocycles. The first-order valence-corrected chi connectivity index (χ1v) is 7.85. The predicted octanol–water partition coefficient (Wildman–Crippen LogP) is 3.60. The quantitative estimate of drug-likeness (QED) is 0.721. The number of aryl methyl sites for hydroxylation is 1. The maximum atomic E-state index is 12.5. The minimum Gasteiger partial charge on any atom is -0.466 e. The summed E-state index contributed by atoms with van der Waals surface area (Å²) in [6, 6.07) is 8.10. The molecule has 6 nitrogen and oxygen atoms in total. The molecule has 1 unspecified atom stereocenters. The van der Waals surface area contributed by atoms with Crippen molar-refractivity contribution in [1.82, 2.24) is 9.97 Å². The number of H-pyrrole nitrogens is 1. The van der Waals surface area contributed by atoms with E-state index in [1.165, 1.54) is 13.3 Å². The van der Waals surface area contributed by atoms with Crippen molar-refractivity contribution in [2.45, 2.75) is 13.0 Å². The number of pyridine rings is 1. The molecule has 0 aliphatic heterocycles. The van der Waals surface area contributed by atoms with Crippen molar-refractivity contribution in [3.05, 3.63) is 64.4 Å². The highest BCUT2D eigenvalue weighted by molar-refractivity contribution is 6.30. The second kappa shape index (κ2) is 6.94. The van der Waals surface area contributed by atoms with E-state index in [4.69, 9.17) is 21.1 Å². The van der Waals surface area contributed by atoms with Gasteiger partial charge >= 0.3 is 11.9 Å². The van der Waals surface area contributed by atoms with Gasteiger partial charge in [-0.25, -0.2) is 14.6 Å². The average molecular weight is 359 g/mol. The minimum absolute atomic E-state index is 0.248.